The molecule has 3 aromatic heterocycles. The van der Waals surface area contributed by atoms with Gasteiger partial charge in [-0.3, -0.25) is 5.32 Å². The number of anilines is 2. The zero-order valence-corrected chi connectivity index (χ0v) is 16.1. The summed E-state index contributed by atoms with van der Waals surface area (Å²) < 4.78 is 7.95. The van der Waals surface area contributed by atoms with E-state index in [0.717, 1.165) is 27.5 Å². The first-order valence-electron chi connectivity index (χ1n) is 8.74. The molecule has 0 aliphatic heterocycles. The van der Waals surface area contributed by atoms with E-state index in [-0.39, 0.29) is 0 Å². The van der Waals surface area contributed by atoms with Gasteiger partial charge in [-0.1, -0.05) is 12.1 Å². The molecule has 0 unspecified atom stereocenters. The summed E-state index contributed by atoms with van der Waals surface area (Å²) in [5, 5.41) is 5.19. The van der Waals surface area contributed by atoms with Gasteiger partial charge in [-0.25, -0.2) is 4.98 Å². The second-order valence-electron chi connectivity index (χ2n) is 6.69. The van der Waals surface area contributed by atoms with E-state index in [1.54, 1.807) is 11.3 Å². The third-order valence-electron chi connectivity index (χ3n) is 4.85. The second kappa shape index (κ2) is 5.96. The van der Waals surface area contributed by atoms with Gasteiger partial charge in [0, 0.05) is 29.0 Å². The fourth-order valence-corrected chi connectivity index (χ4v) is 4.04. The quantitative estimate of drug-likeness (QED) is 0.433. The molecule has 0 radical (unpaired) electrons. The van der Waals surface area contributed by atoms with Gasteiger partial charge in [0.1, 0.15) is 5.52 Å². The van der Waals surface area contributed by atoms with Crippen LogP contribution in [0.5, 0.6) is 0 Å². The van der Waals surface area contributed by atoms with Crippen LogP contribution in [0.4, 0.5) is 11.1 Å². The Morgan fingerprint density at radius 1 is 1.00 bits per heavy atom. The first kappa shape index (κ1) is 16.1. The van der Waals surface area contributed by atoms with E-state index in [4.69, 9.17) is 4.42 Å². The Balaban J connectivity index is 1.50. The highest BCUT2D eigenvalue weighted by Crippen LogP contribution is 2.30. The van der Waals surface area contributed by atoms with Gasteiger partial charge in [0.25, 0.3) is 0 Å². The van der Waals surface area contributed by atoms with Crippen LogP contribution in [0.2, 0.25) is 0 Å². The minimum absolute atomic E-state index is 0.467. The Hall–Kier alpha value is -3.12. The highest BCUT2D eigenvalue weighted by atomic mass is 32.1. The topological polar surface area (TPSA) is 55.9 Å². The lowest BCUT2D eigenvalue weighted by Crippen LogP contribution is -1.88. The molecule has 3 heterocycles. The molecule has 0 fully saturated rings. The molecular weight excluding hydrogens is 356 g/mol. The fourth-order valence-electron chi connectivity index (χ4n) is 3.24. The molecule has 0 aliphatic rings. The minimum atomic E-state index is 0.467. The monoisotopic (exact) mass is 374 g/mol. The van der Waals surface area contributed by atoms with Gasteiger partial charge in [0.05, 0.1) is 5.69 Å². The number of fused-ring (bicyclic) bond motifs is 2. The third-order valence-corrected chi connectivity index (χ3v) is 5.84. The van der Waals surface area contributed by atoms with Gasteiger partial charge in [-0.05, 0) is 55.3 Å². The number of rotatable bonds is 3. The summed E-state index contributed by atoms with van der Waals surface area (Å²) in [6.07, 6.45) is 2.08. The van der Waals surface area contributed by atoms with Crippen molar-refractivity contribution in [2.75, 3.05) is 5.32 Å². The average molecular weight is 374 g/mol. The van der Waals surface area contributed by atoms with E-state index < -0.39 is 0 Å². The third kappa shape index (κ3) is 2.78. The Morgan fingerprint density at radius 2 is 1.81 bits per heavy atom. The SMILES string of the molecule is Cc1nc(Nc2nc3cc(-c4ccc5c(ccn5C)c4)ccc3o2)sc1C. The summed E-state index contributed by atoms with van der Waals surface area (Å²) in [5.74, 6) is 0. The predicted octanol–water partition coefficient (Wildman–Crippen LogP) is 5.80. The second-order valence-corrected chi connectivity index (χ2v) is 7.89. The molecular formula is C21H18N4OS. The van der Waals surface area contributed by atoms with Crippen molar-refractivity contribution in [2.45, 2.75) is 13.8 Å². The molecule has 6 heteroatoms. The predicted molar refractivity (Wildman–Crippen MR) is 111 cm³/mol. The summed E-state index contributed by atoms with van der Waals surface area (Å²) in [4.78, 5) is 10.2. The van der Waals surface area contributed by atoms with Gasteiger partial charge in [-0.15, -0.1) is 11.3 Å². The number of nitrogens with one attached hydrogen (secondary N) is 1. The number of thiazole rings is 1. The number of aromatic nitrogens is 3. The van der Waals surface area contributed by atoms with Crippen LogP contribution in [0.25, 0.3) is 33.1 Å². The van der Waals surface area contributed by atoms with E-state index in [0.29, 0.717) is 6.01 Å². The smallest absolute Gasteiger partial charge is 0.302 e. The molecule has 27 heavy (non-hydrogen) atoms. The Kier molecular flexibility index (Phi) is 3.55. The number of hydrogen-bond acceptors (Lipinski definition) is 5. The molecule has 5 aromatic rings. The summed E-state index contributed by atoms with van der Waals surface area (Å²) in [5.41, 5.74) is 6.12. The molecule has 0 amide bonds. The van der Waals surface area contributed by atoms with E-state index in [1.165, 1.54) is 21.3 Å². The van der Waals surface area contributed by atoms with Crippen LogP contribution < -0.4 is 5.32 Å². The van der Waals surface area contributed by atoms with E-state index in [2.05, 4.69) is 76.4 Å². The van der Waals surface area contributed by atoms with Crippen molar-refractivity contribution < 1.29 is 4.42 Å². The number of aryl methyl sites for hydroxylation is 3. The van der Waals surface area contributed by atoms with Crippen molar-refractivity contribution in [1.29, 1.82) is 0 Å². The molecule has 0 saturated heterocycles. The molecule has 0 bridgehead atoms. The molecule has 134 valence electrons. The van der Waals surface area contributed by atoms with Crippen molar-refractivity contribution in [3.8, 4) is 11.1 Å². The number of hydrogen-bond donors (Lipinski definition) is 1. The molecule has 5 nitrogen and oxygen atoms in total. The largest absolute Gasteiger partial charge is 0.423 e. The minimum Gasteiger partial charge on any atom is -0.423 e. The van der Waals surface area contributed by atoms with Crippen molar-refractivity contribution in [3.05, 3.63) is 59.2 Å². The van der Waals surface area contributed by atoms with Crippen molar-refractivity contribution in [3.63, 3.8) is 0 Å². The maximum atomic E-state index is 5.83. The van der Waals surface area contributed by atoms with Crippen LogP contribution in [-0.2, 0) is 7.05 Å². The van der Waals surface area contributed by atoms with E-state index >= 15 is 0 Å². The lowest BCUT2D eigenvalue weighted by atomic mass is 10.0. The molecule has 0 aliphatic carbocycles. The summed E-state index contributed by atoms with van der Waals surface area (Å²) in [7, 11) is 2.06. The van der Waals surface area contributed by atoms with Crippen molar-refractivity contribution in [2.24, 2.45) is 7.05 Å². The Bertz CT molecular complexity index is 1280. The van der Waals surface area contributed by atoms with Gasteiger partial charge in [0.2, 0.25) is 0 Å². The van der Waals surface area contributed by atoms with Crippen LogP contribution >= 0.6 is 11.3 Å². The molecule has 1 N–H and O–H groups in total. The Morgan fingerprint density at radius 3 is 2.63 bits per heavy atom. The molecule has 0 saturated carbocycles. The number of oxazole rings is 1. The van der Waals surface area contributed by atoms with E-state index in [9.17, 15) is 0 Å². The lowest BCUT2D eigenvalue weighted by molar-refractivity contribution is 0.623. The van der Waals surface area contributed by atoms with E-state index in [1.807, 2.05) is 13.0 Å². The number of benzene rings is 2. The van der Waals surface area contributed by atoms with Gasteiger partial charge in [-0.2, -0.15) is 4.98 Å². The first-order chi connectivity index (χ1) is 13.1. The Labute approximate surface area is 160 Å². The van der Waals surface area contributed by atoms with Gasteiger partial charge < -0.3 is 8.98 Å². The summed E-state index contributed by atoms with van der Waals surface area (Å²) in [6.45, 7) is 4.05. The normalized spacial score (nSPS) is 11.5. The highest BCUT2D eigenvalue weighted by Gasteiger charge is 2.11. The maximum Gasteiger partial charge on any atom is 0.302 e. The lowest BCUT2D eigenvalue weighted by Gasteiger charge is -2.03. The van der Waals surface area contributed by atoms with Crippen LogP contribution in [0.3, 0.4) is 0 Å². The van der Waals surface area contributed by atoms with Crippen LogP contribution in [0.1, 0.15) is 10.6 Å². The van der Waals surface area contributed by atoms with Crippen LogP contribution in [0.15, 0.2) is 53.1 Å². The molecule has 2 aromatic carbocycles. The summed E-state index contributed by atoms with van der Waals surface area (Å²) in [6, 6.07) is 15.2. The summed E-state index contributed by atoms with van der Waals surface area (Å²) >= 11 is 1.60. The molecule has 0 atom stereocenters. The van der Waals surface area contributed by atoms with Crippen molar-refractivity contribution >= 4 is 44.5 Å². The molecule has 0 spiro atoms. The van der Waals surface area contributed by atoms with Crippen LogP contribution in [0, 0.1) is 13.8 Å². The maximum absolute atomic E-state index is 5.83. The zero-order chi connectivity index (χ0) is 18.5. The highest BCUT2D eigenvalue weighted by molar-refractivity contribution is 7.15. The fraction of sp³-hybridized carbons (Fsp3) is 0.143. The molecule has 5 rings (SSSR count). The standard InChI is InChI=1S/C21H18N4OS/c1-12-13(2)27-21(22-12)24-20-23-17-11-15(5-7-19(17)26-20)14-4-6-18-16(10-14)8-9-25(18)3/h4-11H,1-3H3,(H,22,23,24). The zero-order valence-electron chi connectivity index (χ0n) is 15.3. The van der Waals surface area contributed by atoms with Crippen molar-refractivity contribution in [1.82, 2.24) is 14.5 Å². The van der Waals surface area contributed by atoms with Gasteiger partial charge in [0.15, 0.2) is 10.7 Å². The first-order valence-corrected chi connectivity index (χ1v) is 9.55. The average Bonchev–Trinajstić information content (AvgIpc) is 3.32. The number of nitrogens with zero attached hydrogens (tertiary/aromatic N) is 3. The van der Waals surface area contributed by atoms with Crippen LogP contribution in [-0.4, -0.2) is 14.5 Å². The van der Waals surface area contributed by atoms with Gasteiger partial charge >= 0.3 is 6.01 Å².